The summed E-state index contributed by atoms with van der Waals surface area (Å²) >= 11 is 0. The lowest BCUT2D eigenvalue weighted by Gasteiger charge is -2.58. The fraction of sp³-hybridized carbons (Fsp3) is 0.893. The van der Waals surface area contributed by atoms with Crippen LogP contribution in [0.3, 0.4) is 0 Å². The highest BCUT2D eigenvalue weighted by molar-refractivity contribution is 5.53. The fourth-order valence-corrected chi connectivity index (χ4v) is 8.67. The molecule has 3 saturated carbocycles. The summed E-state index contributed by atoms with van der Waals surface area (Å²) in [6, 6.07) is 0. The number of rotatable bonds is 5. The quantitative estimate of drug-likeness (QED) is 0.378. The molecule has 4 aliphatic rings. The predicted octanol–water partition coefficient (Wildman–Crippen LogP) is 7.61. The minimum Gasteiger partial charge on any atom is -0.450 e. The van der Waals surface area contributed by atoms with Crippen molar-refractivity contribution in [2.45, 2.75) is 111 Å². The molecule has 3 fully saturated rings. The van der Waals surface area contributed by atoms with Gasteiger partial charge in [-0.2, -0.15) is 0 Å². The molecule has 32 heavy (non-hydrogen) atoms. The van der Waals surface area contributed by atoms with Gasteiger partial charge < -0.3 is 15.3 Å². The van der Waals surface area contributed by atoms with Crippen LogP contribution in [-0.4, -0.2) is 27.6 Å². The van der Waals surface area contributed by atoms with Crippen molar-refractivity contribution in [1.82, 2.24) is 0 Å². The van der Waals surface area contributed by atoms with Crippen molar-refractivity contribution in [3.63, 3.8) is 0 Å². The first-order valence-electron chi connectivity index (χ1n) is 13.3. The van der Waals surface area contributed by atoms with Gasteiger partial charge in [0.1, 0.15) is 0 Å². The average molecular weight is 449 g/mol. The number of carbonyl (C=O) groups is 1. The molecule has 1 unspecified atom stereocenters. The van der Waals surface area contributed by atoms with Crippen molar-refractivity contribution in [3.05, 3.63) is 11.6 Å². The Morgan fingerprint density at radius 1 is 1.03 bits per heavy atom. The second-order valence-electron chi connectivity index (χ2n) is 12.5. The van der Waals surface area contributed by atoms with E-state index in [0.717, 1.165) is 48.3 Å². The largest absolute Gasteiger partial charge is 0.503 e. The summed E-state index contributed by atoms with van der Waals surface area (Å²) in [5, 5.41) is 24.2. The highest BCUT2D eigenvalue weighted by Crippen LogP contribution is 2.67. The zero-order chi connectivity index (χ0) is 23.7. The second-order valence-corrected chi connectivity index (χ2v) is 12.5. The van der Waals surface area contributed by atoms with E-state index < -0.39 is 6.16 Å². The smallest absolute Gasteiger partial charge is 0.450 e. The minimum absolute atomic E-state index is 0.0766. The molecule has 4 rings (SSSR count). The maximum atomic E-state index is 10.2. The molecule has 0 aromatic heterocycles. The van der Waals surface area contributed by atoms with Gasteiger partial charge in [0.05, 0.1) is 6.10 Å². The molecular formula is C28H48O4. The first-order valence-corrected chi connectivity index (χ1v) is 13.3. The Morgan fingerprint density at radius 2 is 1.72 bits per heavy atom. The third kappa shape index (κ3) is 5.05. The second kappa shape index (κ2) is 10.1. The highest BCUT2D eigenvalue weighted by atomic mass is 16.6. The molecule has 184 valence electrons. The van der Waals surface area contributed by atoms with Crippen molar-refractivity contribution in [2.24, 2.45) is 46.3 Å². The van der Waals surface area contributed by atoms with E-state index in [4.69, 9.17) is 15.0 Å². The van der Waals surface area contributed by atoms with Gasteiger partial charge in [-0.05, 0) is 97.7 Å². The maximum absolute atomic E-state index is 10.2. The molecule has 0 heterocycles. The lowest BCUT2D eigenvalue weighted by molar-refractivity contribution is -0.0573. The fourth-order valence-electron chi connectivity index (χ4n) is 8.67. The number of aliphatic hydroxyl groups is 1. The van der Waals surface area contributed by atoms with Crippen LogP contribution in [0.4, 0.5) is 4.79 Å². The molecule has 8 atom stereocenters. The van der Waals surface area contributed by atoms with Crippen molar-refractivity contribution in [2.75, 3.05) is 0 Å². The van der Waals surface area contributed by atoms with Gasteiger partial charge in [-0.25, -0.2) is 4.79 Å². The van der Waals surface area contributed by atoms with Gasteiger partial charge in [0, 0.05) is 0 Å². The van der Waals surface area contributed by atoms with Crippen LogP contribution < -0.4 is 0 Å². The summed E-state index contributed by atoms with van der Waals surface area (Å²) in [6.07, 6.45) is 15.3. The Hall–Kier alpha value is -1.03. The number of fused-ring (bicyclic) bond motifs is 5. The summed E-state index contributed by atoms with van der Waals surface area (Å²) in [5.41, 5.74) is 2.60. The third-order valence-corrected chi connectivity index (χ3v) is 10.3. The van der Waals surface area contributed by atoms with E-state index in [0.29, 0.717) is 10.8 Å². The molecule has 0 bridgehead atoms. The predicted molar refractivity (Wildman–Crippen MR) is 130 cm³/mol. The van der Waals surface area contributed by atoms with Gasteiger partial charge in [0.25, 0.3) is 0 Å². The zero-order valence-electron chi connectivity index (χ0n) is 21.1. The zero-order valence-corrected chi connectivity index (χ0v) is 21.1. The molecule has 0 amide bonds. The lowest BCUT2D eigenvalue weighted by atomic mass is 9.47. The normalized spacial score (nSPS) is 41.5. The van der Waals surface area contributed by atoms with Crippen LogP contribution in [-0.2, 0) is 0 Å². The highest BCUT2D eigenvalue weighted by Gasteiger charge is 2.59. The number of allylic oxidation sites excluding steroid dienone is 1. The van der Waals surface area contributed by atoms with Crippen LogP contribution in [0.15, 0.2) is 11.6 Å². The van der Waals surface area contributed by atoms with Crippen molar-refractivity contribution in [1.29, 1.82) is 0 Å². The molecule has 0 aromatic carbocycles. The van der Waals surface area contributed by atoms with Crippen LogP contribution in [0.1, 0.15) is 105 Å². The molecule has 4 heteroatoms. The number of aliphatic hydroxyl groups excluding tert-OH is 1. The van der Waals surface area contributed by atoms with E-state index in [-0.39, 0.29) is 6.10 Å². The first-order chi connectivity index (χ1) is 15.0. The van der Waals surface area contributed by atoms with E-state index in [1.54, 1.807) is 5.57 Å². The number of hydrogen-bond donors (Lipinski definition) is 3. The third-order valence-electron chi connectivity index (χ3n) is 10.3. The van der Waals surface area contributed by atoms with E-state index >= 15 is 0 Å². The van der Waals surface area contributed by atoms with Crippen LogP contribution >= 0.6 is 0 Å². The standard InChI is InChI=1S/C27H46O.CH2O3/c1-18(2)7-6-8-19(3)23-11-12-24-22-10-9-20-17-21(28)13-15-26(20,4)25(22)14-16-27(23,24)5;2-1(3)4/h9,18-19,21-25,28H,6-8,10-17H2,1-5H3;(H2,2,3,4)/t19?,21-,22-,23+,24-,25-,26-,27+;/m0./s1. The molecule has 0 aliphatic heterocycles. The Bertz CT molecular complexity index is 681. The SMILES string of the molecule is CC(C)CCCC(C)[C@H]1CC[C@H]2[C@@H]3CC=C4C[C@@H](O)CC[C@]4(C)[C@H]3CC[C@]12C.O=C(O)O. The molecule has 4 aliphatic carbocycles. The van der Waals surface area contributed by atoms with Gasteiger partial charge in [-0.3, -0.25) is 0 Å². The molecule has 4 nitrogen and oxygen atoms in total. The Kier molecular flexibility index (Phi) is 8.06. The van der Waals surface area contributed by atoms with E-state index in [1.807, 2.05) is 0 Å². The average Bonchev–Trinajstić information content (AvgIpc) is 3.05. The number of carboxylic acid groups (broad SMARTS) is 2. The summed E-state index contributed by atoms with van der Waals surface area (Å²) in [6.45, 7) is 12.6. The monoisotopic (exact) mass is 448 g/mol. The van der Waals surface area contributed by atoms with E-state index in [9.17, 15) is 5.11 Å². The van der Waals surface area contributed by atoms with Crippen LogP contribution in [0.5, 0.6) is 0 Å². The van der Waals surface area contributed by atoms with Gasteiger partial charge in [0.15, 0.2) is 0 Å². The van der Waals surface area contributed by atoms with Gasteiger partial charge >= 0.3 is 6.16 Å². The summed E-state index contributed by atoms with van der Waals surface area (Å²) in [5.74, 6) is 5.46. The van der Waals surface area contributed by atoms with E-state index in [2.05, 4.69) is 40.7 Å². The maximum Gasteiger partial charge on any atom is 0.503 e. The Balaban J connectivity index is 0.000000668. The Morgan fingerprint density at radius 3 is 2.38 bits per heavy atom. The molecular weight excluding hydrogens is 400 g/mol. The van der Waals surface area contributed by atoms with Gasteiger partial charge in [0.2, 0.25) is 0 Å². The molecule has 3 N–H and O–H groups in total. The van der Waals surface area contributed by atoms with Crippen LogP contribution in [0, 0.1) is 46.3 Å². The van der Waals surface area contributed by atoms with Crippen molar-refractivity contribution >= 4 is 6.16 Å². The van der Waals surface area contributed by atoms with Gasteiger partial charge in [-0.15, -0.1) is 0 Å². The molecule has 0 saturated heterocycles. The van der Waals surface area contributed by atoms with Crippen LogP contribution in [0.25, 0.3) is 0 Å². The summed E-state index contributed by atoms with van der Waals surface area (Å²) in [7, 11) is 0. The van der Waals surface area contributed by atoms with Gasteiger partial charge in [-0.1, -0.05) is 65.5 Å². The first kappa shape index (κ1) is 25.6. The summed E-state index contributed by atoms with van der Waals surface area (Å²) in [4.78, 5) is 8.56. The molecule has 0 spiro atoms. The topological polar surface area (TPSA) is 77.8 Å². The Labute approximate surface area is 195 Å². The van der Waals surface area contributed by atoms with Crippen molar-refractivity contribution in [3.8, 4) is 0 Å². The molecule has 0 aromatic rings. The van der Waals surface area contributed by atoms with Crippen molar-refractivity contribution < 1.29 is 20.1 Å². The lowest BCUT2D eigenvalue weighted by Crippen LogP contribution is -2.50. The van der Waals surface area contributed by atoms with E-state index in [1.165, 1.54) is 57.8 Å². The molecule has 0 radical (unpaired) electrons. The minimum atomic E-state index is -1.83. The van der Waals surface area contributed by atoms with Crippen LogP contribution in [0.2, 0.25) is 0 Å². The summed E-state index contributed by atoms with van der Waals surface area (Å²) < 4.78 is 0. The number of hydrogen-bond acceptors (Lipinski definition) is 2.